The molecule has 6 nitrogen and oxygen atoms in total. The molecule has 3 aromatic heterocycles. The Morgan fingerprint density at radius 3 is 2.70 bits per heavy atom. The van der Waals surface area contributed by atoms with Crippen molar-refractivity contribution in [3.8, 4) is 11.3 Å². The Balaban J connectivity index is 1.44. The summed E-state index contributed by atoms with van der Waals surface area (Å²) in [5.41, 5.74) is 6.27. The average Bonchev–Trinajstić information content (AvgIpc) is 3.49. The molecule has 8 heteroatoms. The molecule has 1 aliphatic heterocycles. The molecule has 4 heterocycles. The van der Waals surface area contributed by atoms with Gasteiger partial charge in [-0.15, -0.1) is 11.3 Å². The zero-order chi connectivity index (χ0) is 22.2. The summed E-state index contributed by atoms with van der Waals surface area (Å²) in [6.07, 6.45) is 5.42. The van der Waals surface area contributed by atoms with Crippen molar-refractivity contribution in [2.24, 2.45) is 0 Å². The fourth-order valence-corrected chi connectivity index (χ4v) is 6.54. The largest absolute Gasteiger partial charge is 0.370 e. The van der Waals surface area contributed by atoms with Gasteiger partial charge in [-0.05, 0) is 36.6 Å². The number of pyridine rings is 1. The number of aromatic nitrogens is 3. The van der Waals surface area contributed by atoms with Crippen LogP contribution in [0.2, 0.25) is 0 Å². The number of hydrogen-bond donors (Lipinski definition) is 2. The zero-order valence-electron chi connectivity index (χ0n) is 18.8. The molecule has 0 bridgehead atoms. The van der Waals surface area contributed by atoms with Gasteiger partial charge in [-0.1, -0.05) is 42.1 Å². The van der Waals surface area contributed by atoms with Crippen molar-refractivity contribution in [3.63, 3.8) is 0 Å². The minimum atomic E-state index is 0.822. The number of rotatable bonds is 6. The first kappa shape index (κ1) is 21.3. The van der Waals surface area contributed by atoms with Gasteiger partial charge in [0.15, 0.2) is 5.16 Å². The molecule has 0 unspecified atom stereocenters. The van der Waals surface area contributed by atoms with Crippen molar-refractivity contribution in [1.82, 2.24) is 15.0 Å². The number of nitrogens with zero attached hydrogens (tertiary/aromatic N) is 3. The average molecular weight is 479 g/mol. The van der Waals surface area contributed by atoms with E-state index in [0.29, 0.717) is 0 Å². The van der Waals surface area contributed by atoms with Crippen molar-refractivity contribution in [1.29, 1.82) is 0 Å². The highest BCUT2D eigenvalue weighted by Gasteiger charge is 2.25. The van der Waals surface area contributed by atoms with Gasteiger partial charge in [0.1, 0.15) is 23.7 Å². The Morgan fingerprint density at radius 1 is 1.06 bits per heavy atom. The van der Waals surface area contributed by atoms with Gasteiger partial charge in [-0.25, -0.2) is 15.0 Å². The maximum Gasteiger partial charge on any atom is 0.189 e. The van der Waals surface area contributed by atoms with Gasteiger partial charge in [0.2, 0.25) is 0 Å². The third-order valence-electron chi connectivity index (χ3n) is 6.71. The molecule has 4 aromatic rings. The second-order valence-electron chi connectivity index (χ2n) is 8.70. The molecule has 2 N–H and O–H groups in total. The molecule has 1 aromatic carbocycles. The van der Waals surface area contributed by atoms with Gasteiger partial charge >= 0.3 is 0 Å². The summed E-state index contributed by atoms with van der Waals surface area (Å²) in [6, 6.07) is 10.6. The minimum Gasteiger partial charge on any atom is -0.370 e. The normalized spacial score (nSPS) is 16.5. The molecule has 0 radical (unpaired) electrons. The number of ether oxygens (including phenoxy) is 1. The molecule has 1 fully saturated rings. The Hall–Kier alpha value is -2.26. The lowest BCUT2D eigenvalue weighted by Gasteiger charge is -2.23. The topological polar surface area (TPSA) is 64.4 Å². The van der Waals surface area contributed by atoms with Crippen LogP contribution in [0.15, 0.2) is 35.5 Å². The van der Waals surface area contributed by atoms with Crippen LogP contribution in [0.4, 0.5) is 5.82 Å². The lowest BCUT2D eigenvalue weighted by molar-refractivity contribution is -0.906. The maximum absolute atomic E-state index is 5.49. The summed E-state index contributed by atoms with van der Waals surface area (Å²) in [4.78, 5) is 17.7. The molecule has 0 atom stereocenters. The van der Waals surface area contributed by atoms with Gasteiger partial charge in [-0.2, -0.15) is 0 Å². The number of thiophene rings is 1. The van der Waals surface area contributed by atoms with Gasteiger partial charge in [0, 0.05) is 10.9 Å². The highest BCUT2D eigenvalue weighted by molar-refractivity contribution is 7.98. The second-order valence-corrected chi connectivity index (χ2v) is 10.5. The molecule has 1 saturated heterocycles. The highest BCUT2D eigenvalue weighted by Crippen LogP contribution is 2.43. The van der Waals surface area contributed by atoms with E-state index in [0.717, 1.165) is 83.9 Å². The first-order chi connectivity index (χ1) is 16.3. The van der Waals surface area contributed by atoms with Crippen LogP contribution in [0.5, 0.6) is 0 Å². The van der Waals surface area contributed by atoms with Crippen molar-refractivity contribution < 1.29 is 9.64 Å². The Kier molecular flexibility index (Phi) is 5.92. The first-order valence-electron chi connectivity index (χ1n) is 11.7. The third-order valence-corrected chi connectivity index (χ3v) is 8.34. The van der Waals surface area contributed by atoms with Crippen LogP contribution >= 0.6 is 23.1 Å². The lowest BCUT2D eigenvalue weighted by Crippen LogP contribution is -3.14. The van der Waals surface area contributed by atoms with Crippen molar-refractivity contribution >= 4 is 49.3 Å². The molecule has 0 saturated carbocycles. The quantitative estimate of drug-likeness (QED) is 0.327. The summed E-state index contributed by atoms with van der Waals surface area (Å²) in [6.45, 7) is 5.85. The number of fused-ring (bicyclic) bond motifs is 5. The number of anilines is 1. The number of quaternary nitrogens is 1. The molecular formula is C25H28N5OS2+. The predicted octanol–water partition coefficient (Wildman–Crippen LogP) is 3.44. The van der Waals surface area contributed by atoms with E-state index < -0.39 is 0 Å². The van der Waals surface area contributed by atoms with Gasteiger partial charge in [-0.3, -0.25) is 0 Å². The van der Waals surface area contributed by atoms with Crippen LogP contribution in [-0.2, 0) is 17.6 Å². The first-order valence-corrected chi connectivity index (χ1v) is 13.8. The summed E-state index contributed by atoms with van der Waals surface area (Å²) in [5, 5.41) is 5.71. The Bertz CT molecular complexity index is 1300. The van der Waals surface area contributed by atoms with E-state index in [1.165, 1.54) is 28.5 Å². The van der Waals surface area contributed by atoms with Crippen molar-refractivity contribution in [3.05, 3.63) is 41.5 Å². The molecule has 170 valence electrons. The smallest absolute Gasteiger partial charge is 0.189 e. The van der Waals surface area contributed by atoms with Crippen molar-refractivity contribution in [2.45, 2.75) is 24.4 Å². The third kappa shape index (κ3) is 3.99. The molecule has 0 amide bonds. The molecule has 2 aliphatic rings. The fourth-order valence-electron chi connectivity index (χ4n) is 5.06. The monoisotopic (exact) mass is 478 g/mol. The number of hydrogen-bond acceptors (Lipinski definition) is 7. The van der Waals surface area contributed by atoms with E-state index >= 15 is 0 Å². The maximum atomic E-state index is 5.49. The Morgan fingerprint density at radius 2 is 1.88 bits per heavy atom. The Labute approximate surface area is 201 Å². The molecule has 1 aliphatic carbocycles. The van der Waals surface area contributed by atoms with Gasteiger partial charge in [0.05, 0.1) is 42.2 Å². The van der Waals surface area contributed by atoms with Gasteiger partial charge < -0.3 is 15.0 Å². The van der Waals surface area contributed by atoms with E-state index in [1.807, 2.05) is 6.26 Å². The number of benzene rings is 1. The summed E-state index contributed by atoms with van der Waals surface area (Å²) in [7, 11) is 0. The van der Waals surface area contributed by atoms with Crippen LogP contribution in [-0.4, -0.2) is 60.6 Å². The minimum absolute atomic E-state index is 0.822. The fraction of sp³-hybridized carbons (Fsp3) is 0.400. The summed E-state index contributed by atoms with van der Waals surface area (Å²) < 4.78 is 6.63. The molecular weight excluding hydrogens is 450 g/mol. The molecule has 6 rings (SSSR count). The van der Waals surface area contributed by atoms with Crippen LogP contribution in [0.1, 0.15) is 17.5 Å². The number of morpholine rings is 1. The number of aryl methyl sites for hydroxylation is 1. The number of nitrogens with one attached hydrogen (secondary N) is 2. The lowest BCUT2D eigenvalue weighted by atomic mass is 10.0. The van der Waals surface area contributed by atoms with Crippen LogP contribution < -0.4 is 10.2 Å². The van der Waals surface area contributed by atoms with E-state index in [9.17, 15) is 0 Å². The highest BCUT2D eigenvalue weighted by atomic mass is 32.2. The zero-order valence-corrected chi connectivity index (χ0v) is 20.5. The van der Waals surface area contributed by atoms with Crippen LogP contribution in [0.25, 0.3) is 31.7 Å². The standard InChI is InChI=1S/C25H27N5OS2/c1-32-25-28-21-19-17-8-5-9-18(17)20(16-6-3-2-4-7-16)27-24(19)33-22(21)23(29-25)26-10-11-30-12-14-31-15-13-30/h2-4,6-7H,5,8-15H2,1H3,(H,26,28,29)/p+1. The van der Waals surface area contributed by atoms with E-state index in [4.69, 9.17) is 19.7 Å². The van der Waals surface area contributed by atoms with E-state index in [1.54, 1.807) is 28.0 Å². The van der Waals surface area contributed by atoms with Crippen LogP contribution in [0, 0.1) is 0 Å². The number of thioether (sulfide) groups is 1. The molecule has 33 heavy (non-hydrogen) atoms. The molecule has 0 spiro atoms. The second kappa shape index (κ2) is 9.18. The van der Waals surface area contributed by atoms with E-state index in [2.05, 4.69) is 35.6 Å². The summed E-state index contributed by atoms with van der Waals surface area (Å²) >= 11 is 3.34. The SMILES string of the molecule is CSc1nc(NCC[NH+]2CCOCC2)c2sc3nc(-c4ccccc4)c4c(c3c2n1)CCC4. The predicted molar refractivity (Wildman–Crippen MR) is 137 cm³/mol. The van der Waals surface area contributed by atoms with Gasteiger partial charge in [0.25, 0.3) is 0 Å². The van der Waals surface area contributed by atoms with Crippen molar-refractivity contribution in [2.75, 3.05) is 51.0 Å². The van der Waals surface area contributed by atoms with Crippen LogP contribution in [0.3, 0.4) is 0 Å². The van der Waals surface area contributed by atoms with E-state index in [-0.39, 0.29) is 0 Å². The summed E-state index contributed by atoms with van der Waals surface area (Å²) in [5.74, 6) is 0.952.